The maximum Gasteiger partial charge on any atom is 0.315 e. The van der Waals surface area contributed by atoms with Crippen molar-refractivity contribution in [2.75, 3.05) is 12.8 Å². The molecular formula is C15H27N5OS. The van der Waals surface area contributed by atoms with Gasteiger partial charge in [0, 0.05) is 24.3 Å². The average Bonchev–Trinajstić information content (AvgIpc) is 3.05. The van der Waals surface area contributed by atoms with Crippen molar-refractivity contribution in [3.8, 4) is 0 Å². The molecule has 1 aromatic rings. The Hall–Kier alpha value is -1.24. The normalized spacial score (nSPS) is 15.7. The molecule has 124 valence electrons. The molecule has 2 rings (SSSR count). The van der Waals surface area contributed by atoms with E-state index in [0.717, 1.165) is 31.0 Å². The third-order valence-corrected chi connectivity index (χ3v) is 5.35. The summed E-state index contributed by atoms with van der Waals surface area (Å²) in [5.41, 5.74) is 0. The molecule has 2 amide bonds. The molecule has 2 heterocycles. The Morgan fingerprint density at radius 3 is 2.77 bits per heavy atom. The first-order valence-corrected chi connectivity index (χ1v) is 9.08. The minimum atomic E-state index is -0.142. The third-order valence-electron chi connectivity index (χ3n) is 4.10. The van der Waals surface area contributed by atoms with Gasteiger partial charge in [-0.25, -0.2) is 4.79 Å². The van der Waals surface area contributed by atoms with Gasteiger partial charge in [0.15, 0.2) is 5.82 Å². The van der Waals surface area contributed by atoms with Gasteiger partial charge >= 0.3 is 6.03 Å². The van der Waals surface area contributed by atoms with Crippen LogP contribution in [0.2, 0.25) is 0 Å². The SMILES string of the molecule is CSC(C)(C)CNC(=O)N[C@H](c1nnc2n1CCC2)C(C)C. The van der Waals surface area contributed by atoms with Crippen molar-refractivity contribution < 1.29 is 4.79 Å². The first-order valence-electron chi connectivity index (χ1n) is 7.85. The summed E-state index contributed by atoms with van der Waals surface area (Å²) in [4.78, 5) is 12.2. The highest BCUT2D eigenvalue weighted by Crippen LogP contribution is 2.24. The largest absolute Gasteiger partial charge is 0.337 e. The number of amides is 2. The number of rotatable bonds is 6. The summed E-state index contributed by atoms with van der Waals surface area (Å²) in [5.74, 6) is 2.17. The number of hydrogen-bond acceptors (Lipinski definition) is 4. The van der Waals surface area contributed by atoms with E-state index in [2.05, 4.69) is 59.3 Å². The summed E-state index contributed by atoms with van der Waals surface area (Å²) in [7, 11) is 0. The molecule has 1 atom stereocenters. The first-order chi connectivity index (χ1) is 10.3. The molecule has 0 unspecified atom stereocenters. The zero-order chi connectivity index (χ0) is 16.3. The van der Waals surface area contributed by atoms with Gasteiger partial charge in [0.1, 0.15) is 5.82 Å². The molecule has 22 heavy (non-hydrogen) atoms. The van der Waals surface area contributed by atoms with Gasteiger partial charge < -0.3 is 15.2 Å². The Labute approximate surface area is 136 Å². The Kier molecular flexibility index (Phi) is 5.36. The van der Waals surface area contributed by atoms with Crippen molar-refractivity contribution in [1.82, 2.24) is 25.4 Å². The Balaban J connectivity index is 2.02. The molecular weight excluding hydrogens is 298 g/mol. The van der Waals surface area contributed by atoms with Crippen molar-refractivity contribution in [2.45, 2.75) is 57.9 Å². The molecule has 6 nitrogen and oxygen atoms in total. The molecule has 0 saturated heterocycles. The molecule has 0 fully saturated rings. The van der Waals surface area contributed by atoms with Crippen LogP contribution >= 0.6 is 11.8 Å². The van der Waals surface area contributed by atoms with E-state index in [1.165, 1.54) is 0 Å². The van der Waals surface area contributed by atoms with Gasteiger partial charge in [0.2, 0.25) is 0 Å². The molecule has 1 aromatic heterocycles. The number of nitrogens with one attached hydrogen (secondary N) is 2. The van der Waals surface area contributed by atoms with E-state index in [9.17, 15) is 4.79 Å². The van der Waals surface area contributed by atoms with Crippen LogP contribution in [0.1, 0.15) is 51.8 Å². The quantitative estimate of drug-likeness (QED) is 0.842. The predicted octanol–water partition coefficient (Wildman–Crippen LogP) is 2.36. The fraction of sp³-hybridized carbons (Fsp3) is 0.800. The highest BCUT2D eigenvalue weighted by molar-refractivity contribution is 7.99. The number of carbonyl (C=O) groups excluding carboxylic acids is 1. The van der Waals surface area contributed by atoms with E-state index in [1.54, 1.807) is 11.8 Å². The minimum Gasteiger partial charge on any atom is -0.337 e. The molecule has 0 aliphatic carbocycles. The van der Waals surface area contributed by atoms with Crippen LogP contribution in [-0.4, -0.2) is 38.3 Å². The van der Waals surface area contributed by atoms with E-state index in [-0.39, 0.29) is 22.7 Å². The molecule has 0 radical (unpaired) electrons. The lowest BCUT2D eigenvalue weighted by atomic mass is 10.0. The lowest BCUT2D eigenvalue weighted by molar-refractivity contribution is 0.230. The van der Waals surface area contributed by atoms with E-state index < -0.39 is 0 Å². The summed E-state index contributed by atoms with van der Waals surface area (Å²) in [6, 6.07) is -0.257. The Bertz CT molecular complexity index is 526. The van der Waals surface area contributed by atoms with Gasteiger partial charge in [0.05, 0.1) is 6.04 Å². The molecule has 2 N–H and O–H groups in total. The second-order valence-corrected chi connectivity index (χ2v) is 8.26. The van der Waals surface area contributed by atoms with E-state index in [1.807, 2.05) is 0 Å². The standard InChI is InChI=1S/C15H27N5OS/c1-10(2)12(13-19-18-11-7-6-8-20(11)13)17-14(21)16-9-15(3,4)22-5/h10,12H,6-9H2,1-5H3,(H2,16,17,21)/t12-/m0/s1. The first kappa shape index (κ1) is 17.1. The Morgan fingerprint density at radius 1 is 1.41 bits per heavy atom. The van der Waals surface area contributed by atoms with Crippen LogP contribution in [-0.2, 0) is 13.0 Å². The smallest absolute Gasteiger partial charge is 0.315 e. The van der Waals surface area contributed by atoms with Crippen LogP contribution in [0, 0.1) is 5.92 Å². The van der Waals surface area contributed by atoms with Gasteiger partial charge in [-0.3, -0.25) is 0 Å². The summed E-state index contributed by atoms with van der Waals surface area (Å²) >= 11 is 1.74. The third kappa shape index (κ3) is 3.94. The number of nitrogens with zero attached hydrogens (tertiary/aromatic N) is 3. The number of carbonyl (C=O) groups is 1. The second kappa shape index (κ2) is 6.89. The van der Waals surface area contributed by atoms with Crippen molar-refractivity contribution >= 4 is 17.8 Å². The topological polar surface area (TPSA) is 71.8 Å². The molecule has 0 bridgehead atoms. The van der Waals surface area contributed by atoms with E-state index in [0.29, 0.717) is 6.54 Å². The van der Waals surface area contributed by atoms with Crippen LogP contribution in [0.5, 0.6) is 0 Å². The summed E-state index contributed by atoms with van der Waals surface area (Å²) in [6.07, 6.45) is 4.14. The van der Waals surface area contributed by atoms with Crippen molar-refractivity contribution in [3.05, 3.63) is 11.6 Å². The molecule has 0 aromatic carbocycles. The van der Waals surface area contributed by atoms with Crippen LogP contribution < -0.4 is 10.6 Å². The van der Waals surface area contributed by atoms with Crippen LogP contribution in [0.4, 0.5) is 4.79 Å². The highest BCUT2D eigenvalue weighted by Gasteiger charge is 2.28. The number of hydrogen-bond donors (Lipinski definition) is 2. The van der Waals surface area contributed by atoms with Crippen molar-refractivity contribution in [3.63, 3.8) is 0 Å². The predicted molar refractivity (Wildman–Crippen MR) is 90.1 cm³/mol. The summed E-state index contributed by atoms with van der Waals surface area (Å²) < 4.78 is 2.18. The summed E-state index contributed by atoms with van der Waals surface area (Å²) in [6.45, 7) is 9.99. The van der Waals surface area contributed by atoms with Gasteiger partial charge in [-0.1, -0.05) is 13.8 Å². The average molecular weight is 325 g/mol. The molecule has 1 aliphatic rings. The minimum absolute atomic E-state index is 0.0285. The molecule has 7 heteroatoms. The number of aromatic nitrogens is 3. The maximum absolute atomic E-state index is 12.2. The Morgan fingerprint density at radius 2 is 2.14 bits per heavy atom. The van der Waals surface area contributed by atoms with Crippen LogP contribution in [0.15, 0.2) is 0 Å². The van der Waals surface area contributed by atoms with Gasteiger partial charge in [0.25, 0.3) is 0 Å². The number of fused-ring (bicyclic) bond motifs is 1. The zero-order valence-corrected chi connectivity index (χ0v) is 15.0. The van der Waals surface area contributed by atoms with E-state index >= 15 is 0 Å². The highest BCUT2D eigenvalue weighted by atomic mass is 32.2. The number of urea groups is 1. The number of aryl methyl sites for hydroxylation is 1. The fourth-order valence-electron chi connectivity index (χ4n) is 2.49. The maximum atomic E-state index is 12.2. The molecule has 0 spiro atoms. The van der Waals surface area contributed by atoms with Gasteiger partial charge in [-0.15, -0.1) is 10.2 Å². The van der Waals surface area contributed by atoms with Crippen molar-refractivity contribution in [1.29, 1.82) is 0 Å². The lowest BCUT2D eigenvalue weighted by Gasteiger charge is -2.25. The number of thioether (sulfide) groups is 1. The van der Waals surface area contributed by atoms with Crippen LogP contribution in [0.3, 0.4) is 0 Å². The lowest BCUT2D eigenvalue weighted by Crippen LogP contribution is -2.44. The molecule has 0 saturated carbocycles. The van der Waals surface area contributed by atoms with Gasteiger partial charge in [-0.05, 0) is 32.4 Å². The molecule has 1 aliphatic heterocycles. The zero-order valence-electron chi connectivity index (χ0n) is 14.1. The fourth-order valence-corrected chi connectivity index (χ4v) is 2.71. The second-order valence-electron chi connectivity index (χ2n) is 6.74. The summed E-state index contributed by atoms with van der Waals surface area (Å²) in [5, 5.41) is 14.6. The van der Waals surface area contributed by atoms with Crippen molar-refractivity contribution in [2.24, 2.45) is 5.92 Å². The van der Waals surface area contributed by atoms with E-state index in [4.69, 9.17) is 0 Å². The van der Waals surface area contributed by atoms with Gasteiger partial charge in [-0.2, -0.15) is 11.8 Å². The van der Waals surface area contributed by atoms with Crippen LogP contribution in [0.25, 0.3) is 0 Å². The monoisotopic (exact) mass is 325 g/mol.